The van der Waals surface area contributed by atoms with Gasteiger partial charge in [-0.05, 0) is 20.8 Å². The van der Waals surface area contributed by atoms with E-state index in [2.05, 4.69) is 15.4 Å². The highest BCUT2D eigenvalue weighted by Gasteiger charge is 2.11. The standard InChI is InChI=1S/C12H17N5OS/c1-7-12(13)8(2)17(16-7)6-11(18)15-5-10-4-14-9(3)19-10/h4H,5-6,13H2,1-3H3,(H,15,18). The number of carbonyl (C=O) groups is 1. The number of thiazole rings is 1. The third-order valence-electron chi connectivity index (χ3n) is 2.86. The second-order valence-corrected chi connectivity index (χ2v) is 5.68. The van der Waals surface area contributed by atoms with Crippen LogP contribution in [0.1, 0.15) is 21.3 Å². The highest BCUT2D eigenvalue weighted by molar-refractivity contribution is 7.11. The van der Waals surface area contributed by atoms with E-state index >= 15 is 0 Å². The summed E-state index contributed by atoms with van der Waals surface area (Å²) < 4.78 is 1.62. The van der Waals surface area contributed by atoms with Crippen molar-refractivity contribution in [3.63, 3.8) is 0 Å². The first-order valence-electron chi connectivity index (χ1n) is 5.95. The van der Waals surface area contributed by atoms with Gasteiger partial charge in [-0.2, -0.15) is 5.10 Å². The molecule has 0 aliphatic carbocycles. The highest BCUT2D eigenvalue weighted by atomic mass is 32.1. The molecule has 0 radical (unpaired) electrons. The van der Waals surface area contributed by atoms with Crippen LogP contribution in [0.15, 0.2) is 6.20 Å². The fraction of sp³-hybridized carbons (Fsp3) is 0.417. The summed E-state index contributed by atoms with van der Waals surface area (Å²) >= 11 is 1.58. The van der Waals surface area contributed by atoms with Gasteiger partial charge >= 0.3 is 0 Å². The van der Waals surface area contributed by atoms with E-state index in [1.807, 2.05) is 20.8 Å². The van der Waals surface area contributed by atoms with E-state index in [4.69, 9.17) is 5.73 Å². The number of aryl methyl sites for hydroxylation is 2. The van der Waals surface area contributed by atoms with Crippen molar-refractivity contribution >= 4 is 22.9 Å². The van der Waals surface area contributed by atoms with Gasteiger partial charge in [0.15, 0.2) is 0 Å². The molecule has 19 heavy (non-hydrogen) atoms. The van der Waals surface area contributed by atoms with Crippen LogP contribution in [0.4, 0.5) is 5.69 Å². The minimum Gasteiger partial charge on any atom is -0.396 e. The van der Waals surface area contributed by atoms with Crippen molar-refractivity contribution in [3.05, 3.63) is 27.5 Å². The van der Waals surface area contributed by atoms with Crippen LogP contribution in [0, 0.1) is 20.8 Å². The largest absolute Gasteiger partial charge is 0.396 e. The summed E-state index contributed by atoms with van der Waals surface area (Å²) in [6, 6.07) is 0. The van der Waals surface area contributed by atoms with Gasteiger partial charge in [0.25, 0.3) is 0 Å². The topological polar surface area (TPSA) is 85.8 Å². The average Bonchev–Trinajstić information content (AvgIpc) is 2.88. The molecule has 0 fully saturated rings. The molecule has 0 aromatic carbocycles. The molecule has 2 aromatic rings. The zero-order chi connectivity index (χ0) is 14.0. The van der Waals surface area contributed by atoms with Gasteiger partial charge in [0.2, 0.25) is 5.91 Å². The number of nitrogens with two attached hydrogens (primary N) is 1. The third-order valence-corrected chi connectivity index (χ3v) is 3.77. The van der Waals surface area contributed by atoms with Gasteiger partial charge in [0.05, 0.1) is 28.6 Å². The molecule has 2 heterocycles. The number of nitrogens with one attached hydrogen (secondary N) is 1. The predicted molar refractivity (Wildman–Crippen MR) is 74.8 cm³/mol. The zero-order valence-electron chi connectivity index (χ0n) is 11.2. The number of nitrogen functional groups attached to an aromatic ring is 1. The summed E-state index contributed by atoms with van der Waals surface area (Å²) in [5.74, 6) is -0.0864. The molecule has 0 aliphatic heterocycles. The second-order valence-electron chi connectivity index (χ2n) is 4.36. The Morgan fingerprint density at radius 1 is 1.47 bits per heavy atom. The Bertz CT molecular complexity index is 601. The van der Waals surface area contributed by atoms with Crippen molar-refractivity contribution in [2.45, 2.75) is 33.9 Å². The Hall–Kier alpha value is -1.89. The van der Waals surface area contributed by atoms with E-state index in [-0.39, 0.29) is 12.5 Å². The van der Waals surface area contributed by atoms with Crippen molar-refractivity contribution in [1.29, 1.82) is 0 Å². The first-order chi connectivity index (χ1) is 8.97. The van der Waals surface area contributed by atoms with E-state index in [0.717, 1.165) is 21.3 Å². The number of aromatic nitrogens is 3. The number of hydrogen-bond acceptors (Lipinski definition) is 5. The zero-order valence-corrected chi connectivity index (χ0v) is 12.0. The van der Waals surface area contributed by atoms with Gasteiger partial charge < -0.3 is 11.1 Å². The summed E-state index contributed by atoms with van der Waals surface area (Å²) in [7, 11) is 0. The molecule has 7 heteroatoms. The molecule has 0 atom stereocenters. The van der Waals surface area contributed by atoms with E-state index in [1.54, 1.807) is 22.2 Å². The van der Waals surface area contributed by atoms with E-state index in [1.165, 1.54) is 0 Å². The predicted octanol–water partition coefficient (Wildman–Crippen LogP) is 1.16. The van der Waals surface area contributed by atoms with Crippen LogP contribution in [0.5, 0.6) is 0 Å². The molecule has 0 saturated carbocycles. The summed E-state index contributed by atoms with van der Waals surface area (Å²) in [5, 5.41) is 8.07. The molecular weight excluding hydrogens is 262 g/mol. The third kappa shape index (κ3) is 3.11. The lowest BCUT2D eigenvalue weighted by Crippen LogP contribution is -2.27. The SMILES string of the molecule is Cc1ncc(CNC(=O)Cn2nc(C)c(N)c2C)s1. The first-order valence-corrected chi connectivity index (χ1v) is 6.76. The molecule has 1 amide bonds. The number of anilines is 1. The Labute approximate surface area is 115 Å². The van der Waals surface area contributed by atoms with Crippen molar-refractivity contribution in [3.8, 4) is 0 Å². The maximum Gasteiger partial charge on any atom is 0.242 e. The Kier molecular flexibility index (Phi) is 3.84. The molecule has 3 N–H and O–H groups in total. The van der Waals surface area contributed by atoms with Gasteiger partial charge in [-0.25, -0.2) is 4.98 Å². The number of rotatable bonds is 4. The maximum atomic E-state index is 11.8. The Morgan fingerprint density at radius 2 is 2.21 bits per heavy atom. The van der Waals surface area contributed by atoms with E-state index < -0.39 is 0 Å². The van der Waals surface area contributed by atoms with Gasteiger partial charge in [-0.15, -0.1) is 11.3 Å². The number of carbonyl (C=O) groups excluding carboxylic acids is 1. The van der Waals surface area contributed by atoms with Crippen LogP contribution >= 0.6 is 11.3 Å². The monoisotopic (exact) mass is 279 g/mol. The van der Waals surface area contributed by atoms with Crippen LogP contribution in [-0.4, -0.2) is 20.7 Å². The van der Waals surface area contributed by atoms with Crippen LogP contribution in [0.25, 0.3) is 0 Å². The van der Waals surface area contributed by atoms with Crippen LogP contribution < -0.4 is 11.1 Å². The highest BCUT2D eigenvalue weighted by Crippen LogP contribution is 2.14. The molecule has 2 rings (SSSR count). The normalized spacial score (nSPS) is 10.7. The minimum absolute atomic E-state index is 0.0864. The summed E-state index contributed by atoms with van der Waals surface area (Å²) in [4.78, 5) is 17.0. The quantitative estimate of drug-likeness (QED) is 0.879. The lowest BCUT2D eigenvalue weighted by Gasteiger charge is -2.05. The summed E-state index contributed by atoms with van der Waals surface area (Å²) in [5.41, 5.74) is 8.04. The molecule has 102 valence electrons. The Balaban J connectivity index is 1.92. The Morgan fingerprint density at radius 3 is 2.74 bits per heavy atom. The summed E-state index contributed by atoms with van der Waals surface area (Å²) in [6.07, 6.45) is 1.78. The van der Waals surface area contributed by atoms with Crippen LogP contribution in [0.2, 0.25) is 0 Å². The lowest BCUT2D eigenvalue weighted by atomic mass is 10.3. The molecule has 6 nitrogen and oxygen atoms in total. The fourth-order valence-electron chi connectivity index (χ4n) is 1.73. The molecule has 0 bridgehead atoms. The number of hydrogen-bond donors (Lipinski definition) is 2. The first kappa shape index (κ1) is 13.5. The lowest BCUT2D eigenvalue weighted by molar-refractivity contribution is -0.122. The maximum absolute atomic E-state index is 11.8. The fourth-order valence-corrected chi connectivity index (χ4v) is 2.46. The number of nitrogens with zero attached hydrogens (tertiary/aromatic N) is 3. The van der Waals surface area contributed by atoms with Gasteiger partial charge in [0.1, 0.15) is 6.54 Å². The van der Waals surface area contributed by atoms with Gasteiger partial charge in [-0.3, -0.25) is 9.48 Å². The van der Waals surface area contributed by atoms with Crippen molar-refractivity contribution < 1.29 is 4.79 Å². The molecular formula is C12H17N5OS. The molecule has 0 aliphatic rings. The van der Waals surface area contributed by atoms with Crippen LogP contribution in [-0.2, 0) is 17.9 Å². The molecule has 0 unspecified atom stereocenters. The van der Waals surface area contributed by atoms with Gasteiger partial charge in [-0.1, -0.05) is 0 Å². The van der Waals surface area contributed by atoms with E-state index in [0.29, 0.717) is 12.2 Å². The van der Waals surface area contributed by atoms with Crippen molar-refractivity contribution in [1.82, 2.24) is 20.1 Å². The molecule has 0 saturated heterocycles. The molecule has 0 spiro atoms. The molecule has 2 aromatic heterocycles. The minimum atomic E-state index is -0.0864. The smallest absolute Gasteiger partial charge is 0.242 e. The van der Waals surface area contributed by atoms with Crippen molar-refractivity contribution in [2.24, 2.45) is 0 Å². The second kappa shape index (κ2) is 5.40. The van der Waals surface area contributed by atoms with Crippen molar-refractivity contribution in [2.75, 3.05) is 5.73 Å². The van der Waals surface area contributed by atoms with Crippen LogP contribution in [0.3, 0.4) is 0 Å². The average molecular weight is 279 g/mol. The number of amides is 1. The van der Waals surface area contributed by atoms with E-state index in [9.17, 15) is 4.79 Å². The van der Waals surface area contributed by atoms with Gasteiger partial charge in [0, 0.05) is 11.1 Å². The summed E-state index contributed by atoms with van der Waals surface area (Å²) in [6.45, 7) is 6.31.